The Bertz CT molecular complexity index is 194. The first kappa shape index (κ1) is 15.3. The molecule has 0 aromatic heterocycles. The lowest BCUT2D eigenvalue weighted by molar-refractivity contribution is -0.901. The highest BCUT2D eigenvalue weighted by atomic mass is 16.3. The monoisotopic (exact) mass is 233 g/mol. The molecule has 0 aliphatic carbocycles. The second-order valence-corrected chi connectivity index (χ2v) is 4.13. The molecule has 2 unspecified atom stereocenters. The fraction of sp³-hybridized carbons (Fsp3) is 0.909. The molecule has 0 aromatic carbocycles. The van der Waals surface area contributed by atoms with Crippen LogP contribution in [0.1, 0.15) is 20.3 Å². The Balaban J connectivity index is 4.17. The topological polar surface area (TPSA) is 65.2 Å². The van der Waals surface area contributed by atoms with Crippen LogP contribution < -0.4 is 4.90 Å². The molecule has 0 aromatic rings. The summed E-state index contributed by atoms with van der Waals surface area (Å²) in [5.41, 5.74) is 0. The van der Waals surface area contributed by atoms with Gasteiger partial charge in [0.2, 0.25) is 5.91 Å². The summed E-state index contributed by atoms with van der Waals surface area (Å²) in [6, 6.07) is 0.261. The van der Waals surface area contributed by atoms with Crippen LogP contribution in [0.4, 0.5) is 0 Å². The molecule has 0 saturated carbocycles. The Labute approximate surface area is 97.7 Å². The minimum Gasteiger partial charge on any atom is -0.395 e. The van der Waals surface area contributed by atoms with Crippen LogP contribution in [0.3, 0.4) is 0 Å². The van der Waals surface area contributed by atoms with E-state index in [4.69, 9.17) is 10.2 Å². The van der Waals surface area contributed by atoms with Gasteiger partial charge in [0, 0.05) is 13.1 Å². The molecule has 3 N–H and O–H groups in total. The van der Waals surface area contributed by atoms with Crippen LogP contribution in [-0.4, -0.2) is 67.0 Å². The van der Waals surface area contributed by atoms with Crippen molar-refractivity contribution in [1.29, 1.82) is 0 Å². The average molecular weight is 233 g/mol. The molecule has 0 spiro atoms. The van der Waals surface area contributed by atoms with Crippen molar-refractivity contribution >= 4 is 5.91 Å². The molecule has 0 heterocycles. The lowest BCUT2D eigenvalue weighted by Crippen LogP contribution is -3.12. The molecule has 96 valence electrons. The summed E-state index contributed by atoms with van der Waals surface area (Å²) in [5, 5.41) is 17.6. The summed E-state index contributed by atoms with van der Waals surface area (Å²) in [4.78, 5) is 14.7. The number of hydrogen-bond donors (Lipinski definition) is 3. The standard InChI is InChI=1S/C11H24N2O3/c1-4-12(3)10(2)9-11(16)13(5-7-14)6-8-15/h10,14-15H,4-9H2,1-3H3/p+1. The number of nitrogens with one attached hydrogen (secondary N) is 1. The van der Waals surface area contributed by atoms with Crippen molar-refractivity contribution in [3.8, 4) is 0 Å². The molecule has 0 fully saturated rings. The normalized spacial score (nSPS) is 14.6. The van der Waals surface area contributed by atoms with E-state index in [2.05, 4.69) is 14.0 Å². The van der Waals surface area contributed by atoms with Crippen LogP contribution in [0.15, 0.2) is 0 Å². The highest BCUT2D eigenvalue weighted by Gasteiger charge is 2.19. The summed E-state index contributed by atoms with van der Waals surface area (Å²) in [5.74, 6) is 0.00315. The highest BCUT2D eigenvalue weighted by Crippen LogP contribution is 1.96. The largest absolute Gasteiger partial charge is 0.395 e. The number of carbonyl (C=O) groups excluding carboxylic acids is 1. The molecule has 5 nitrogen and oxygen atoms in total. The molecular weight excluding hydrogens is 208 g/mol. The number of aliphatic hydroxyl groups is 2. The van der Waals surface area contributed by atoms with Crippen LogP contribution in [-0.2, 0) is 4.79 Å². The first-order valence-electron chi connectivity index (χ1n) is 5.88. The van der Waals surface area contributed by atoms with Crippen LogP contribution in [0.5, 0.6) is 0 Å². The zero-order chi connectivity index (χ0) is 12.6. The number of nitrogens with zero attached hydrogens (tertiary/aromatic N) is 1. The van der Waals surface area contributed by atoms with E-state index in [1.54, 1.807) is 0 Å². The quantitative estimate of drug-likeness (QED) is 0.459. The maximum atomic E-state index is 11.8. The molecule has 0 saturated heterocycles. The van der Waals surface area contributed by atoms with Crippen molar-refractivity contribution in [2.45, 2.75) is 26.3 Å². The van der Waals surface area contributed by atoms with Gasteiger partial charge in [-0.1, -0.05) is 0 Å². The van der Waals surface area contributed by atoms with E-state index in [9.17, 15) is 4.79 Å². The van der Waals surface area contributed by atoms with Gasteiger partial charge >= 0.3 is 0 Å². The summed E-state index contributed by atoms with van der Waals surface area (Å²) in [7, 11) is 2.06. The van der Waals surface area contributed by atoms with E-state index >= 15 is 0 Å². The van der Waals surface area contributed by atoms with Crippen molar-refractivity contribution in [2.75, 3.05) is 39.9 Å². The van der Waals surface area contributed by atoms with Crippen molar-refractivity contribution in [2.24, 2.45) is 0 Å². The maximum absolute atomic E-state index is 11.8. The molecule has 1 amide bonds. The molecule has 2 atom stereocenters. The number of amides is 1. The third kappa shape index (κ3) is 5.44. The summed E-state index contributed by atoms with van der Waals surface area (Å²) >= 11 is 0. The molecule has 0 bridgehead atoms. The second kappa shape index (κ2) is 8.50. The van der Waals surface area contributed by atoms with Crippen molar-refractivity contribution in [3.63, 3.8) is 0 Å². The summed E-state index contributed by atoms with van der Waals surface area (Å²) < 4.78 is 0. The second-order valence-electron chi connectivity index (χ2n) is 4.13. The molecular formula is C11H25N2O3+. The third-order valence-corrected chi connectivity index (χ3v) is 2.97. The van der Waals surface area contributed by atoms with E-state index in [1.807, 2.05) is 6.92 Å². The van der Waals surface area contributed by atoms with Gasteiger partial charge in [0.25, 0.3) is 0 Å². The fourth-order valence-corrected chi connectivity index (χ4v) is 1.52. The van der Waals surface area contributed by atoms with Crippen LogP contribution in [0.2, 0.25) is 0 Å². The van der Waals surface area contributed by atoms with E-state index in [1.165, 1.54) is 9.80 Å². The van der Waals surface area contributed by atoms with E-state index < -0.39 is 0 Å². The summed E-state index contributed by atoms with van der Waals surface area (Å²) in [6.45, 7) is 5.58. The first-order chi connectivity index (χ1) is 7.56. The van der Waals surface area contributed by atoms with E-state index in [0.717, 1.165) is 6.54 Å². The first-order valence-corrected chi connectivity index (χ1v) is 5.88. The molecule has 0 aliphatic heterocycles. The summed E-state index contributed by atoms with van der Waals surface area (Å²) in [6.07, 6.45) is 0.458. The molecule has 0 radical (unpaired) electrons. The van der Waals surface area contributed by atoms with Gasteiger partial charge in [-0.3, -0.25) is 4.79 Å². The highest BCUT2D eigenvalue weighted by molar-refractivity contribution is 5.76. The maximum Gasteiger partial charge on any atom is 0.228 e. The number of carbonyl (C=O) groups is 1. The van der Waals surface area contributed by atoms with Crippen molar-refractivity contribution in [1.82, 2.24) is 4.90 Å². The number of aliphatic hydroxyl groups excluding tert-OH is 2. The molecule has 0 aliphatic rings. The fourth-order valence-electron chi connectivity index (χ4n) is 1.52. The number of quaternary nitrogens is 1. The Hall–Kier alpha value is -0.650. The van der Waals surface area contributed by atoms with Gasteiger partial charge in [-0.2, -0.15) is 0 Å². The van der Waals surface area contributed by atoms with Gasteiger partial charge in [0.15, 0.2) is 0 Å². The molecule has 5 heteroatoms. The lowest BCUT2D eigenvalue weighted by Gasteiger charge is -2.25. The Kier molecular flexibility index (Phi) is 8.15. The Morgan fingerprint density at radius 2 is 1.81 bits per heavy atom. The minimum absolute atomic E-state index is 0.00315. The van der Waals surface area contributed by atoms with Gasteiger partial charge < -0.3 is 20.0 Å². The number of hydrogen-bond acceptors (Lipinski definition) is 3. The smallest absolute Gasteiger partial charge is 0.228 e. The van der Waals surface area contributed by atoms with Crippen LogP contribution >= 0.6 is 0 Å². The van der Waals surface area contributed by atoms with Gasteiger partial charge in [0.05, 0.1) is 39.3 Å². The van der Waals surface area contributed by atoms with Gasteiger partial charge in [-0.05, 0) is 13.8 Å². The van der Waals surface area contributed by atoms with Gasteiger partial charge in [-0.25, -0.2) is 0 Å². The average Bonchev–Trinajstić information content (AvgIpc) is 2.27. The Morgan fingerprint density at radius 1 is 1.31 bits per heavy atom. The number of rotatable bonds is 8. The zero-order valence-corrected chi connectivity index (χ0v) is 10.6. The SMILES string of the molecule is CC[NH+](C)C(C)CC(=O)N(CCO)CCO. The van der Waals surface area contributed by atoms with E-state index in [-0.39, 0.29) is 25.2 Å². The lowest BCUT2D eigenvalue weighted by atomic mass is 10.2. The van der Waals surface area contributed by atoms with Crippen molar-refractivity contribution < 1.29 is 19.9 Å². The third-order valence-electron chi connectivity index (χ3n) is 2.97. The zero-order valence-electron chi connectivity index (χ0n) is 10.6. The van der Waals surface area contributed by atoms with E-state index in [0.29, 0.717) is 19.5 Å². The predicted octanol–water partition coefficient (Wildman–Crippen LogP) is -1.89. The minimum atomic E-state index is -0.0589. The van der Waals surface area contributed by atoms with Gasteiger partial charge in [-0.15, -0.1) is 0 Å². The van der Waals surface area contributed by atoms with Crippen LogP contribution in [0, 0.1) is 0 Å². The Morgan fingerprint density at radius 3 is 2.19 bits per heavy atom. The molecule has 0 rings (SSSR count). The van der Waals surface area contributed by atoms with Gasteiger partial charge in [0.1, 0.15) is 0 Å². The van der Waals surface area contributed by atoms with Crippen LogP contribution in [0.25, 0.3) is 0 Å². The van der Waals surface area contributed by atoms with Crippen molar-refractivity contribution in [3.05, 3.63) is 0 Å². The predicted molar refractivity (Wildman–Crippen MR) is 62.3 cm³/mol. The molecule has 16 heavy (non-hydrogen) atoms.